The molecule has 2 aromatic rings. The summed E-state index contributed by atoms with van der Waals surface area (Å²) in [6, 6.07) is 3.97. The van der Waals surface area contributed by atoms with Crippen molar-refractivity contribution in [1.82, 2.24) is 9.97 Å². The van der Waals surface area contributed by atoms with E-state index in [1.807, 2.05) is 12.1 Å². The summed E-state index contributed by atoms with van der Waals surface area (Å²) in [6.07, 6.45) is 4.54. The number of thiazole rings is 1. The maximum atomic E-state index is 5.64. The average molecular weight is 247 g/mol. The van der Waals surface area contributed by atoms with Gasteiger partial charge in [-0.05, 0) is 25.1 Å². The van der Waals surface area contributed by atoms with Gasteiger partial charge in [-0.3, -0.25) is 4.98 Å². The fourth-order valence-corrected chi connectivity index (χ4v) is 2.72. The molecule has 0 unspecified atom stereocenters. The minimum absolute atomic E-state index is 0.0521. The van der Waals surface area contributed by atoms with Gasteiger partial charge in [-0.15, -0.1) is 11.3 Å². The molecular formula is C13H17N3S. The fourth-order valence-electron chi connectivity index (χ4n) is 1.70. The van der Waals surface area contributed by atoms with Gasteiger partial charge in [-0.2, -0.15) is 0 Å². The van der Waals surface area contributed by atoms with Crippen LogP contribution in [0.15, 0.2) is 29.9 Å². The molecule has 90 valence electrons. The molecule has 4 heteroatoms. The van der Waals surface area contributed by atoms with E-state index in [-0.39, 0.29) is 5.41 Å². The van der Waals surface area contributed by atoms with E-state index >= 15 is 0 Å². The van der Waals surface area contributed by atoms with Crippen molar-refractivity contribution in [3.05, 3.63) is 35.6 Å². The molecule has 0 saturated heterocycles. The topological polar surface area (TPSA) is 51.8 Å². The maximum absolute atomic E-state index is 5.64. The molecule has 17 heavy (non-hydrogen) atoms. The first-order valence-corrected chi connectivity index (χ1v) is 6.58. The lowest BCUT2D eigenvalue weighted by molar-refractivity contribution is 0.476. The van der Waals surface area contributed by atoms with Crippen LogP contribution in [0.1, 0.15) is 26.0 Å². The minimum Gasteiger partial charge on any atom is -0.330 e. The van der Waals surface area contributed by atoms with Crippen molar-refractivity contribution in [3.63, 3.8) is 0 Å². The maximum Gasteiger partial charge on any atom is 0.123 e. The molecular weight excluding hydrogens is 230 g/mol. The Morgan fingerprint density at radius 2 is 2.00 bits per heavy atom. The summed E-state index contributed by atoms with van der Waals surface area (Å²) < 4.78 is 0. The van der Waals surface area contributed by atoms with Crippen molar-refractivity contribution in [2.24, 2.45) is 5.73 Å². The molecule has 2 heterocycles. The average Bonchev–Trinajstić information content (AvgIpc) is 2.80. The quantitative estimate of drug-likeness (QED) is 0.904. The second-order valence-electron chi connectivity index (χ2n) is 4.70. The Morgan fingerprint density at radius 3 is 2.65 bits per heavy atom. The summed E-state index contributed by atoms with van der Waals surface area (Å²) in [5, 5.41) is 3.18. The summed E-state index contributed by atoms with van der Waals surface area (Å²) in [5.74, 6) is 0. The van der Waals surface area contributed by atoms with Crippen LogP contribution in [0.2, 0.25) is 0 Å². The molecule has 0 amide bonds. The van der Waals surface area contributed by atoms with Gasteiger partial charge in [0.05, 0.1) is 5.69 Å². The van der Waals surface area contributed by atoms with Crippen molar-refractivity contribution < 1.29 is 0 Å². The normalized spacial score (nSPS) is 11.7. The summed E-state index contributed by atoms with van der Waals surface area (Å²) in [4.78, 5) is 8.72. The molecule has 0 aliphatic heterocycles. The zero-order valence-corrected chi connectivity index (χ0v) is 11.0. The molecule has 0 spiro atoms. The highest BCUT2D eigenvalue weighted by Crippen LogP contribution is 2.31. The molecule has 0 aromatic carbocycles. The lowest BCUT2D eigenvalue weighted by Gasteiger charge is -2.21. The Kier molecular flexibility index (Phi) is 3.54. The fraction of sp³-hybridized carbons (Fsp3) is 0.385. The van der Waals surface area contributed by atoms with E-state index in [1.54, 1.807) is 23.7 Å². The smallest absolute Gasteiger partial charge is 0.123 e. The summed E-state index contributed by atoms with van der Waals surface area (Å²) in [6.45, 7) is 5.06. The van der Waals surface area contributed by atoms with Gasteiger partial charge < -0.3 is 5.73 Å². The largest absolute Gasteiger partial charge is 0.330 e. The van der Waals surface area contributed by atoms with Crippen LogP contribution >= 0.6 is 11.3 Å². The first-order chi connectivity index (χ1) is 8.13. The highest BCUT2D eigenvalue weighted by atomic mass is 32.1. The van der Waals surface area contributed by atoms with E-state index in [2.05, 4.69) is 24.2 Å². The van der Waals surface area contributed by atoms with Crippen LogP contribution in [0.4, 0.5) is 0 Å². The lowest BCUT2D eigenvalue weighted by atomic mass is 9.86. The van der Waals surface area contributed by atoms with Crippen molar-refractivity contribution >= 4 is 11.3 Å². The molecule has 0 atom stereocenters. The van der Waals surface area contributed by atoms with Crippen LogP contribution in [0.5, 0.6) is 0 Å². The third-order valence-corrected chi connectivity index (χ3v) is 3.79. The van der Waals surface area contributed by atoms with E-state index in [9.17, 15) is 0 Å². The Morgan fingerprint density at radius 1 is 1.29 bits per heavy atom. The molecule has 2 rings (SSSR count). The van der Waals surface area contributed by atoms with Gasteiger partial charge >= 0.3 is 0 Å². The van der Waals surface area contributed by atoms with Gasteiger partial charge in [0.2, 0.25) is 0 Å². The van der Waals surface area contributed by atoms with Crippen LogP contribution in [0.3, 0.4) is 0 Å². The molecule has 2 N–H and O–H groups in total. The monoisotopic (exact) mass is 247 g/mol. The minimum atomic E-state index is 0.0521. The van der Waals surface area contributed by atoms with E-state index in [1.165, 1.54) is 0 Å². The molecule has 0 saturated carbocycles. The van der Waals surface area contributed by atoms with Gasteiger partial charge in [-0.1, -0.05) is 13.8 Å². The van der Waals surface area contributed by atoms with Crippen molar-refractivity contribution in [2.75, 3.05) is 6.54 Å². The highest BCUT2D eigenvalue weighted by Gasteiger charge is 2.22. The number of pyridine rings is 1. The molecule has 0 aliphatic rings. The van der Waals surface area contributed by atoms with Gasteiger partial charge in [0.25, 0.3) is 0 Å². The zero-order chi connectivity index (χ0) is 12.3. The van der Waals surface area contributed by atoms with Crippen LogP contribution in [0, 0.1) is 0 Å². The molecule has 3 nitrogen and oxygen atoms in total. The predicted molar refractivity (Wildman–Crippen MR) is 72.0 cm³/mol. The second kappa shape index (κ2) is 4.94. The van der Waals surface area contributed by atoms with Gasteiger partial charge in [0.15, 0.2) is 0 Å². The van der Waals surface area contributed by atoms with E-state index in [4.69, 9.17) is 10.7 Å². The van der Waals surface area contributed by atoms with Gasteiger partial charge in [0, 0.05) is 28.8 Å². The van der Waals surface area contributed by atoms with Crippen LogP contribution < -0.4 is 5.73 Å². The lowest BCUT2D eigenvalue weighted by Crippen LogP contribution is -2.22. The summed E-state index contributed by atoms with van der Waals surface area (Å²) in [7, 11) is 0. The van der Waals surface area contributed by atoms with Crippen LogP contribution in [0.25, 0.3) is 10.6 Å². The second-order valence-corrected chi connectivity index (χ2v) is 5.55. The van der Waals surface area contributed by atoms with E-state index in [0.717, 1.165) is 22.7 Å². The van der Waals surface area contributed by atoms with Crippen LogP contribution in [-0.4, -0.2) is 16.5 Å². The molecule has 0 bridgehead atoms. The molecule has 0 radical (unpaired) electrons. The van der Waals surface area contributed by atoms with Gasteiger partial charge in [-0.25, -0.2) is 4.98 Å². The summed E-state index contributed by atoms with van der Waals surface area (Å²) in [5.41, 5.74) is 7.94. The standard InChI is InChI=1S/C13H17N3S/c1-13(2,5-6-14)11-9-17-12(16-11)10-3-7-15-8-4-10/h3-4,7-9H,5-6,14H2,1-2H3. The Bertz CT molecular complexity index is 476. The Balaban J connectivity index is 2.28. The van der Waals surface area contributed by atoms with Crippen molar-refractivity contribution in [1.29, 1.82) is 0 Å². The Labute approximate surface area is 106 Å². The molecule has 0 fully saturated rings. The first kappa shape index (κ1) is 12.2. The summed E-state index contributed by atoms with van der Waals surface area (Å²) >= 11 is 1.68. The zero-order valence-electron chi connectivity index (χ0n) is 10.2. The SMILES string of the molecule is CC(C)(CCN)c1csc(-c2ccncc2)n1. The van der Waals surface area contributed by atoms with Crippen LogP contribution in [-0.2, 0) is 5.41 Å². The number of nitrogens with two attached hydrogens (primary N) is 1. The number of hydrogen-bond donors (Lipinski definition) is 1. The Hall–Kier alpha value is -1.26. The van der Waals surface area contributed by atoms with E-state index in [0.29, 0.717) is 6.54 Å². The highest BCUT2D eigenvalue weighted by molar-refractivity contribution is 7.13. The molecule has 0 aliphatic carbocycles. The number of hydrogen-bond acceptors (Lipinski definition) is 4. The van der Waals surface area contributed by atoms with Crippen molar-refractivity contribution in [3.8, 4) is 10.6 Å². The van der Waals surface area contributed by atoms with Gasteiger partial charge in [0.1, 0.15) is 5.01 Å². The number of nitrogens with zero attached hydrogens (tertiary/aromatic N) is 2. The third-order valence-electron chi connectivity index (χ3n) is 2.89. The number of rotatable bonds is 4. The van der Waals surface area contributed by atoms with E-state index < -0.39 is 0 Å². The number of aromatic nitrogens is 2. The molecule has 2 aromatic heterocycles. The predicted octanol–water partition coefficient (Wildman–Crippen LogP) is 2.83. The van der Waals surface area contributed by atoms with Crippen molar-refractivity contribution in [2.45, 2.75) is 25.7 Å². The first-order valence-electron chi connectivity index (χ1n) is 5.70. The third kappa shape index (κ3) is 2.70.